The number of methoxy groups -OCH3 is 2. The van der Waals surface area contributed by atoms with Crippen molar-refractivity contribution < 1.29 is 19.3 Å². The van der Waals surface area contributed by atoms with Gasteiger partial charge in [0.15, 0.2) is 11.5 Å². The number of hydrogen-bond donors (Lipinski definition) is 1. The third-order valence-corrected chi connectivity index (χ3v) is 3.81. The lowest BCUT2D eigenvalue weighted by molar-refractivity contribution is 0.00360. The third-order valence-electron chi connectivity index (χ3n) is 3.81. The highest BCUT2D eigenvalue weighted by Gasteiger charge is 2.21. The van der Waals surface area contributed by atoms with Crippen LogP contribution in [-0.4, -0.2) is 50.0 Å². The zero-order valence-corrected chi connectivity index (χ0v) is 13.1. The average Bonchev–Trinajstić information content (AvgIpc) is 2.49. The second-order valence-corrected chi connectivity index (χ2v) is 5.30. The first-order chi connectivity index (χ1) is 10.2. The lowest BCUT2D eigenvalue weighted by Gasteiger charge is -2.32. The molecule has 1 atom stereocenters. The van der Waals surface area contributed by atoms with Crippen LogP contribution in [-0.2, 0) is 11.3 Å². The minimum Gasteiger partial charge on any atom is -0.502 e. The molecule has 0 saturated carbocycles. The van der Waals surface area contributed by atoms with Gasteiger partial charge < -0.3 is 19.3 Å². The summed E-state index contributed by atoms with van der Waals surface area (Å²) < 4.78 is 16.1. The van der Waals surface area contributed by atoms with E-state index < -0.39 is 0 Å². The molecule has 118 valence electrons. The third kappa shape index (κ3) is 4.02. The monoisotopic (exact) mass is 295 g/mol. The summed E-state index contributed by atoms with van der Waals surface area (Å²) in [5, 5.41) is 9.95. The minimum absolute atomic E-state index is 0.0505. The Balaban J connectivity index is 2.08. The minimum atomic E-state index is 0.0505. The van der Waals surface area contributed by atoms with Gasteiger partial charge in [-0.25, -0.2) is 0 Å². The standard InChI is InChI=1S/C16H25NO4/c1-4-21-13-6-5-7-17(11-13)10-12-8-14(19-2)16(18)15(9-12)20-3/h8-9,13,18H,4-7,10-11H2,1-3H3. The molecule has 1 fully saturated rings. The van der Waals surface area contributed by atoms with Gasteiger partial charge in [0.05, 0.1) is 20.3 Å². The number of rotatable bonds is 6. The van der Waals surface area contributed by atoms with Crippen LogP contribution in [0.2, 0.25) is 0 Å². The SMILES string of the molecule is CCOC1CCCN(Cc2cc(OC)c(O)c(OC)c2)C1. The fourth-order valence-corrected chi connectivity index (χ4v) is 2.83. The number of likely N-dealkylation sites (tertiary alicyclic amines) is 1. The molecule has 1 aliphatic heterocycles. The summed E-state index contributed by atoms with van der Waals surface area (Å²) in [6.07, 6.45) is 2.61. The van der Waals surface area contributed by atoms with Crippen LogP contribution in [0.15, 0.2) is 12.1 Å². The maximum absolute atomic E-state index is 9.95. The molecule has 0 aromatic heterocycles. The lowest BCUT2D eigenvalue weighted by atomic mass is 10.1. The predicted molar refractivity (Wildman–Crippen MR) is 81.1 cm³/mol. The van der Waals surface area contributed by atoms with Gasteiger partial charge in [0.2, 0.25) is 5.75 Å². The topological polar surface area (TPSA) is 51.2 Å². The van der Waals surface area contributed by atoms with Crippen molar-refractivity contribution in [3.8, 4) is 17.2 Å². The molecule has 1 unspecified atom stereocenters. The first-order valence-corrected chi connectivity index (χ1v) is 7.45. The van der Waals surface area contributed by atoms with E-state index in [1.165, 1.54) is 0 Å². The van der Waals surface area contributed by atoms with E-state index in [1.54, 1.807) is 14.2 Å². The molecule has 0 radical (unpaired) electrons. The molecule has 1 heterocycles. The molecule has 1 aliphatic rings. The van der Waals surface area contributed by atoms with Gasteiger partial charge in [-0.2, -0.15) is 0 Å². The van der Waals surface area contributed by atoms with E-state index in [-0.39, 0.29) is 5.75 Å². The molecule has 21 heavy (non-hydrogen) atoms. The van der Waals surface area contributed by atoms with Gasteiger partial charge in [0.25, 0.3) is 0 Å². The van der Waals surface area contributed by atoms with Crippen molar-refractivity contribution in [1.29, 1.82) is 0 Å². The second-order valence-electron chi connectivity index (χ2n) is 5.30. The summed E-state index contributed by atoms with van der Waals surface area (Å²) in [6, 6.07) is 3.73. The van der Waals surface area contributed by atoms with Gasteiger partial charge in [-0.15, -0.1) is 0 Å². The summed E-state index contributed by atoms with van der Waals surface area (Å²) >= 11 is 0. The molecule has 1 saturated heterocycles. The molecule has 0 spiro atoms. The molecule has 2 rings (SSSR count). The number of piperidine rings is 1. The molecule has 0 aliphatic carbocycles. The maximum Gasteiger partial charge on any atom is 0.200 e. The molecular formula is C16H25NO4. The van der Waals surface area contributed by atoms with E-state index in [0.717, 1.165) is 44.6 Å². The summed E-state index contributed by atoms with van der Waals surface area (Å²) in [7, 11) is 3.09. The Morgan fingerprint density at radius 2 is 1.90 bits per heavy atom. The van der Waals surface area contributed by atoms with Gasteiger partial charge >= 0.3 is 0 Å². The summed E-state index contributed by atoms with van der Waals surface area (Å²) in [6.45, 7) is 5.61. The summed E-state index contributed by atoms with van der Waals surface area (Å²) in [4.78, 5) is 2.37. The number of hydrogen-bond acceptors (Lipinski definition) is 5. The first-order valence-electron chi connectivity index (χ1n) is 7.45. The number of phenolic OH excluding ortho intramolecular Hbond substituents is 1. The molecule has 1 N–H and O–H groups in total. The van der Waals surface area contributed by atoms with E-state index >= 15 is 0 Å². The van der Waals surface area contributed by atoms with Crippen molar-refractivity contribution >= 4 is 0 Å². The Labute approximate surface area is 126 Å². The highest BCUT2D eigenvalue weighted by molar-refractivity contribution is 5.52. The Kier molecular flexibility index (Phi) is 5.70. The summed E-state index contributed by atoms with van der Waals surface area (Å²) in [5.41, 5.74) is 1.07. The van der Waals surface area contributed by atoms with E-state index in [4.69, 9.17) is 14.2 Å². The van der Waals surface area contributed by atoms with Gasteiger partial charge in [0, 0.05) is 19.7 Å². The van der Waals surface area contributed by atoms with Crippen LogP contribution in [0.4, 0.5) is 0 Å². The van der Waals surface area contributed by atoms with Crippen LogP contribution in [0.25, 0.3) is 0 Å². The largest absolute Gasteiger partial charge is 0.502 e. The lowest BCUT2D eigenvalue weighted by Crippen LogP contribution is -2.39. The van der Waals surface area contributed by atoms with Crippen LogP contribution < -0.4 is 9.47 Å². The van der Waals surface area contributed by atoms with Crippen LogP contribution in [0.3, 0.4) is 0 Å². The van der Waals surface area contributed by atoms with Gasteiger partial charge in [-0.05, 0) is 44.0 Å². The quantitative estimate of drug-likeness (QED) is 0.873. The van der Waals surface area contributed by atoms with Crippen molar-refractivity contribution in [2.75, 3.05) is 33.9 Å². The number of aromatic hydroxyl groups is 1. The fourth-order valence-electron chi connectivity index (χ4n) is 2.83. The highest BCUT2D eigenvalue weighted by atomic mass is 16.5. The molecule has 0 amide bonds. The Hall–Kier alpha value is -1.46. The van der Waals surface area contributed by atoms with Crippen LogP contribution >= 0.6 is 0 Å². The molecule has 1 aromatic carbocycles. The zero-order chi connectivity index (χ0) is 15.2. The average molecular weight is 295 g/mol. The molecule has 5 heteroatoms. The van der Waals surface area contributed by atoms with Crippen molar-refractivity contribution in [2.45, 2.75) is 32.4 Å². The van der Waals surface area contributed by atoms with Gasteiger partial charge in [0.1, 0.15) is 0 Å². The van der Waals surface area contributed by atoms with E-state index in [2.05, 4.69) is 4.90 Å². The van der Waals surface area contributed by atoms with Gasteiger partial charge in [-0.1, -0.05) is 0 Å². The highest BCUT2D eigenvalue weighted by Crippen LogP contribution is 2.37. The molecule has 5 nitrogen and oxygen atoms in total. The Morgan fingerprint density at radius 3 is 2.48 bits per heavy atom. The number of ether oxygens (including phenoxy) is 3. The number of phenols is 1. The van der Waals surface area contributed by atoms with E-state index in [0.29, 0.717) is 17.6 Å². The van der Waals surface area contributed by atoms with E-state index in [1.807, 2.05) is 19.1 Å². The Morgan fingerprint density at radius 1 is 1.24 bits per heavy atom. The smallest absolute Gasteiger partial charge is 0.200 e. The van der Waals surface area contributed by atoms with Crippen LogP contribution in [0.5, 0.6) is 17.2 Å². The zero-order valence-electron chi connectivity index (χ0n) is 13.1. The predicted octanol–water partition coefficient (Wildman–Crippen LogP) is 2.41. The number of nitrogens with zero attached hydrogens (tertiary/aromatic N) is 1. The van der Waals surface area contributed by atoms with Gasteiger partial charge in [-0.3, -0.25) is 4.90 Å². The maximum atomic E-state index is 9.95. The normalized spacial score (nSPS) is 19.5. The van der Waals surface area contributed by atoms with Crippen molar-refractivity contribution in [3.63, 3.8) is 0 Å². The summed E-state index contributed by atoms with van der Waals surface area (Å²) in [5.74, 6) is 0.944. The first kappa shape index (κ1) is 15.9. The second kappa shape index (κ2) is 7.52. The van der Waals surface area contributed by atoms with Crippen LogP contribution in [0.1, 0.15) is 25.3 Å². The number of benzene rings is 1. The molecule has 0 bridgehead atoms. The van der Waals surface area contributed by atoms with Crippen molar-refractivity contribution in [1.82, 2.24) is 4.90 Å². The van der Waals surface area contributed by atoms with Crippen molar-refractivity contribution in [2.24, 2.45) is 0 Å². The molecule has 1 aromatic rings. The molecular weight excluding hydrogens is 270 g/mol. The van der Waals surface area contributed by atoms with Crippen LogP contribution in [0, 0.1) is 0 Å². The van der Waals surface area contributed by atoms with Crippen molar-refractivity contribution in [3.05, 3.63) is 17.7 Å². The fraction of sp³-hybridized carbons (Fsp3) is 0.625. The van der Waals surface area contributed by atoms with E-state index in [9.17, 15) is 5.11 Å². The Bertz CT molecular complexity index is 437.